The van der Waals surface area contributed by atoms with Gasteiger partial charge in [-0.05, 0) is 33.6 Å². The Balaban J connectivity index is 2.75. The fourth-order valence-corrected chi connectivity index (χ4v) is 1.91. The van der Waals surface area contributed by atoms with E-state index in [4.69, 9.17) is 0 Å². The van der Waals surface area contributed by atoms with E-state index in [2.05, 4.69) is 5.32 Å². The number of halogens is 3. The van der Waals surface area contributed by atoms with Gasteiger partial charge in [-0.3, -0.25) is 15.0 Å². The van der Waals surface area contributed by atoms with Crippen LogP contribution in [-0.4, -0.2) is 52.9 Å². The van der Waals surface area contributed by atoms with Crippen LogP contribution in [0.2, 0.25) is 0 Å². The van der Waals surface area contributed by atoms with Crippen molar-refractivity contribution in [2.45, 2.75) is 57.4 Å². The minimum absolute atomic E-state index is 0.112. The third-order valence-electron chi connectivity index (χ3n) is 3.20. The van der Waals surface area contributed by atoms with Crippen molar-refractivity contribution in [3.05, 3.63) is 0 Å². The lowest BCUT2D eigenvalue weighted by Gasteiger charge is -2.36. The van der Waals surface area contributed by atoms with Gasteiger partial charge in [-0.25, -0.2) is 0 Å². The van der Waals surface area contributed by atoms with Crippen molar-refractivity contribution in [1.29, 1.82) is 0 Å². The van der Waals surface area contributed by atoms with E-state index in [1.807, 2.05) is 0 Å². The van der Waals surface area contributed by atoms with Crippen LogP contribution in [0, 0.1) is 0 Å². The molecule has 7 heteroatoms. The Hall–Kier alpha value is -0.820. The molecule has 1 fully saturated rings. The van der Waals surface area contributed by atoms with Gasteiger partial charge in [0.25, 0.3) is 0 Å². The first-order valence-corrected chi connectivity index (χ1v) is 6.35. The molecule has 112 valence electrons. The molecule has 0 aromatic carbocycles. The molecule has 1 aliphatic carbocycles. The minimum Gasteiger partial charge on any atom is -0.480 e. The van der Waals surface area contributed by atoms with Crippen LogP contribution in [0.4, 0.5) is 13.2 Å². The molecule has 4 nitrogen and oxygen atoms in total. The normalized spacial score (nSPS) is 19.8. The van der Waals surface area contributed by atoms with Crippen molar-refractivity contribution in [3.8, 4) is 0 Å². The average molecular weight is 282 g/mol. The second-order valence-electron chi connectivity index (χ2n) is 5.67. The largest absolute Gasteiger partial charge is 0.480 e. The Labute approximate surface area is 111 Å². The zero-order valence-corrected chi connectivity index (χ0v) is 11.4. The van der Waals surface area contributed by atoms with E-state index in [1.54, 1.807) is 13.8 Å². The molecule has 1 rings (SSSR count). The molecule has 0 bridgehead atoms. The summed E-state index contributed by atoms with van der Waals surface area (Å²) in [4.78, 5) is 12.5. The molecule has 1 atom stereocenters. The molecule has 0 aliphatic heterocycles. The first-order valence-electron chi connectivity index (χ1n) is 6.35. The highest BCUT2D eigenvalue weighted by molar-refractivity contribution is 5.78. The van der Waals surface area contributed by atoms with E-state index >= 15 is 0 Å². The summed E-state index contributed by atoms with van der Waals surface area (Å²) in [6, 6.07) is -0.262. The second kappa shape index (κ2) is 5.66. The van der Waals surface area contributed by atoms with Crippen molar-refractivity contribution in [2.75, 3.05) is 13.1 Å². The van der Waals surface area contributed by atoms with E-state index in [0.717, 1.165) is 17.7 Å². The Morgan fingerprint density at radius 2 is 1.89 bits per heavy atom. The molecule has 2 N–H and O–H groups in total. The van der Waals surface area contributed by atoms with E-state index in [1.165, 1.54) is 6.92 Å². The number of nitrogens with zero attached hydrogens (tertiary/aromatic N) is 1. The number of carbonyl (C=O) groups is 1. The molecule has 0 heterocycles. The van der Waals surface area contributed by atoms with Gasteiger partial charge in [-0.1, -0.05) is 0 Å². The summed E-state index contributed by atoms with van der Waals surface area (Å²) >= 11 is 0. The fourth-order valence-electron chi connectivity index (χ4n) is 1.91. The van der Waals surface area contributed by atoms with Crippen LogP contribution in [0.25, 0.3) is 0 Å². The maximum atomic E-state index is 12.5. The van der Waals surface area contributed by atoms with Crippen LogP contribution in [-0.2, 0) is 4.79 Å². The molecular weight excluding hydrogens is 261 g/mol. The van der Waals surface area contributed by atoms with Crippen molar-refractivity contribution in [1.82, 2.24) is 10.2 Å². The highest BCUT2D eigenvalue weighted by atomic mass is 19.4. The number of rotatable bonds is 7. The lowest BCUT2D eigenvalue weighted by Crippen LogP contribution is -2.59. The zero-order chi connectivity index (χ0) is 14.8. The maximum Gasteiger partial charge on any atom is 0.401 e. The van der Waals surface area contributed by atoms with Crippen LogP contribution in [0.15, 0.2) is 0 Å². The first kappa shape index (κ1) is 16.2. The number of carboxylic acid groups (broad SMARTS) is 1. The van der Waals surface area contributed by atoms with Crippen molar-refractivity contribution in [3.63, 3.8) is 0 Å². The summed E-state index contributed by atoms with van der Waals surface area (Å²) in [7, 11) is 0. The van der Waals surface area contributed by atoms with Gasteiger partial charge < -0.3 is 5.11 Å². The van der Waals surface area contributed by atoms with Gasteiger partial charge in [0.15, 0.2) is 0 Å². The molecule has 0 aromatic rings. The lowest BCUT2D eigenvalue weighted by molar-refractivity contribution is -0.158. The van der Waals surface area contributed by atoms with E-state index < -0.39 is 24.2 Å². The SMILES string of the molecule is CC(C)N(CC(F)(F)F)CC(C)(NC1CC1)C(=O)O. The van der Waals surface area contributed by atoms with Gasteiger partial charge in [0.05, 0.1) is 6.54 Å². The van der Waals surface area contributed by atoms with Gasteiger partial charge >= 0.3 is 12.1 Å². The van der Waals surface area contributed by atoms with Gasteiger partial charge in [-0.2, -0.15) is 13.2 Å². The Kier molecular flexibility index (Phi) is 4.84. The molecule has 0 spiro atoms. The molecule has 1 aliphatic rings. The van der Waals surface area contributed by atoms with Crippen LogP contribution in [0.3, 0.4) is 0 Å². The van der Waals surface area contributed by atoms with Crippen LogP contribution in [0.5, 0.6) is 0 Å². The maximum absolute atomic E-state index is 12.5. The molecule has 1 unspecified atom stereocenters. The molecule has 1 saturated carbocycles. The Morgan fingerprint density at radius 3 is 2.21 bits per heavy atom. The molecule has 0 aromatic heterocycles. The first-order chi connectivity index (χ1) is 8.53. The predicted molar refractivity (Wildman–Crippen MR) is 65.0 cm³/mol. The number of hydrogen-bond donors (Lipinski definition) is 2. The summed E-state index contributed by atoms with van der Waals surface area (Å²) in [6.07, 6.45) is -2.57. The summed E-state index contributed by atoms with van der Waals surface area (Å²) in [6.45, 7) is 3.44. The highest BCUT2D eigenvalue weighted by Crippen LogP contribution is 2.25. The lowest BCUT2D eigenvalue weighted by atomic mass is 10.0. The van der Waals surface area contributed by atoms with E-state index in [9.17, 15) is 23.1 Å². The standard InChI is InChI=1S/C12H21F3N2O2/c1-8(2)17(7-12(13,14)15)6-11(3,10(18)19)16-9-4-5-9/h8-9,16H,4-7H2,1-3H3,(H,18,19). The second-order valence-corrected chi connectivity index (χ2v) is 5.67. The smallest absolute Gasteiger partial charge is 0.401 e. The highest BCUT2D eigenvalue weighted by Gasteiger charge is 2.42. The van der Waals surface area contributed by atoms with Crippen LogP contribution in [0.1, 0.15) is 33.6 Å². The number of aliphatic carboxylic acids is 1. The molecule has 0 saturated heterocycles. The van der Waals surface area contributed by atoms with Crippen LogP contribution < -0.4 is 5.32 Å². The van der Waals surface area contributed by atoms with Crippen LogP contribution >= 0.6 is 0 Å². The third kappa shape index (κ3) is 5.36. The zero-order valence-electron chi connectivity index (χ0n) is 11.4. The van der Waals surface area contributed by atoms with Gasteiger partial charge in [0, 0.05) is 18.6 Å². The minimum atomic E-state index is -4.33. The van der Waals surface area contributed by atoms with E-state index in [0.29, 0.717) is 0 Å². The fraction of sp³-hybridized carbons (Fsp3) is 0.917. The van der Waals surface area contributed by atoms with E-state index in [-0.39, 0.29) is 18.6 Å². The summed E-state index contributed by atoms with van der Waals surface area (Å²) in [5.41, 5.74) is -1.35. The van der Waals surface area contributed by atoms with Gasteiger partial charge in [0.1, 0.15) is 5.54 Å². The molecule has 0 radical (unpaired) electrons. The van der Waals surface area contributed by atoms with Crippen molar-refractivity contribution >= 4 is 5.97 Å². The summed E-state index contributed by atoms with van der Waals surface area (Å²) in [5.74, 6) is -1.12. The number of nitrogens with one attached hydrogen (secondary N) is 1. The van der Waals surface area contributed by atoms with Crippen molar-refractivity contribution in [2.24, 2.45) is 0 Å². The van der Waals surface area contributed by atoms with Gasteiger partial charge in [-0.15, -0.1) is 0 Å². The summed E-state index contributed by atoms with van der Waals surface area (Å²) in [5, 5.41) is 12.2. The number of alkyl halides is 3. The third-order valence-corrected chi connectivity index (χ3v) is 3.20. The number of carboxylic acids is 1. The molecular formula is C12H21F3N2O2. The van der Waals surface area contributed by atoms with Crippen molar-refractivity contribution < 1.29 is 23.1 Å². The predicted octanol–water partition coefficient (Wildman–Crippen LogP) is 1.85. The topological polar surface area (TPSA) is 52.6 Å². The quantitative estimate of drug-likeness (QED) is 0.748. The monoisotopic (exact) mass is 282 g/mol. The Bertz CT molecular complexity index is 329. The molecule has 0 amide bonds. The average Bonchev–Trinajstić information content (AvgIpc) is 2.97. The number of hydrogen-bond acceptors (Lipinski definition) is 3. The summed E-state index contributed by atoms with van der Waals surface area (Å²) < 4.78 is 37.5. The molecule has 19 heavy (non-hydrogen) atoms. The Morgan fingerprint density at radius 1 is 1.37 bits per heavy atom. The van der Waals surface area contributed by atoms with Gasteiger partial charge in [0.2, 0.25) is 0 Å².